The van der Waals surface area contributed by atoms with Gasteiger partial charge in [-0.25, -0.2) is 0 Å². The number of hydrogen-bond donors (Lipinski definition) is 0. The van der Waals surface area contributed by atoms with E-state index in [9.17, 15) is 4.79 Å². The van der Waals surface area contributed by atoms with Crippen LogP contribution in [0.3, 0.4) is 0 Å². The molecule has 0 bridgehead atoms. The van der Waals surface area contributed by atoms with Crippen LogP contribution in [-0.2, 0) is 13.0 Å². The van der Waals surface area contributed by atoms with Crippen LogP contribution in [-0.4, -0.2) is 28.9 Å². The van der Waals surface area contributed by atoms with Crippen LogP contribution >= 0.6 is 34.9 Å². The summed E-state index contributed by atoms with van der Waals surface area (Å²) in [5.74, 6) is 2.65. The first-order valence-electron chi connectivity index (χ1n) is 7.99. The molecule has 1 aromatic heterocycles. The maximum absolute atomic E-state index is 12.7. The Labute approximate surface area is 149 Å². The molecule has 2 aliphatic rings. The number of nitrogens with zero attached hydrogens (tertiary/aromatic N) is 1. The number of carbonyl (C=O) groups excluding carboxylic acids is 1. The van der Waals surface area contributed by atoms with E-state index in [2.05, 4.69) is 23.6 Å². The molecule has 5 heteroatoms. The van der Waals surface area contributed by atoms with Gasteiger partial charge in [0.1, 0.15) is 0 Å². The third-order valence-corrected chi connectivity index (χ3v) is 8.39. The van der Waals surface area contributed by atoms with Crippen LogP contribution in [0.25, 0.3) is 0 Å². The molecule has 0 atom stereocenters. The Morgan fingerprint density at radius 2 is 1.87 bits per heavy atom. The standard InChI is InChI=1S/C18H19NOS3/c20-17(19-8-6-16-15(12-19)7-11-21-16)13-2-4-14(5-3-13)18-22-9-1-10-23-18/h2-5,7,11,18H,1,6,8-10,12H2. The van der Waals surface area contributed by atoms with Crippen molar-refractivity contribution in [2.45, 2.75) is 24.0 Å². The van der Waals surface area contributed by atoms with Gasteiger partial charge >= 0.3 is 0 Å². The van der Waals surface area contributed by atoms with E-state index < -0.39 is 0 Å². The molecule has 3 heterocycles. The third-order valence-electron chi connectivity index (χ3n) is 4.35. The second-order valence-electron chi connectivity index (χ2n) is 5.89. The lowest BCUT2D eigenvalue weighted by Crippen LogP contribution is -2.35. The number of thioether (sulfide) groups is 2. The van der Waals surface area contributed by atoms with Crippen LogP contribution in [0, 0.1) is 0 Å². The monoisotopic (exact) mass is 361 g/mol. The van der Waals surface area contributed by atoms with Gasteiger partial charge in [0.2, 0.25) is 0 Å². The molecule has 4 rings (SSSR count). The number of fused-ring (bicyclic) bond motifs is 1. The van der Waals surface area contributed by atoms with Crippen molar-refractivity contribution in [1.82, 2.24) is 4.90 Å². The van der Waals surface area contributed by atoms with Crippen molar-refractivity contribution in [2.75, 3.05) is 18.1 Å². The Hall–Kier alpha value is -0.910. The van der Waals surface area contributed by atoms with E-state index in [1.165, 1.54) is 33.9 Å². The highest BCUT2D eigenvalue weighted by molar-refractivity contribution is 8.16. The van der Waals surface area contributed by atoms with Crippen LogP contribution < -0.4 is 0 Å². The number of thiophene rings is 1. The fourth-order valence-electron chi connectivity index (χ4n) is 3.07. The highest BCUT2D eigenvalue weighted by atomic mass is 32.2. The summed E-state index contributed by atoms with van der Waals surface area (Å²) in [4.78, 5) is 16.2. The molecule has 1 amide bonds. The number of benzene rings is 1. The zero-order chi connectivity index (χ0) is 15.6. The Balaban J connectivity index is 1.46. The molecule has 120 valence electrons. The molecule has 1 saturated heterocycles. The summed E-state index contributed by atoms with van der Waals surface area (Å²) < 4.78 is 0.538. The topological polar surface area (TPSA) is 20.3 Å². The van der Waals surface area contributed by atoms with Gasteiger partial charge in [-0.1, -0.05) is 12.1 Å². The minimum absolute atomic E-state index is 0.164. The lowest BCUT2D eigenvalue weighted by atomic mass is 10.1. The molecular formula is C18H19NOS3. The average molecular weight is 362 g/mol. The van der Waals surface area contributed by atoms with Crippen molar-refractivity contribution in [1.29, 1.82) is 0 Å². The molecule has 2 aromatic rings. The SMILES string of the molecule is O=C(c1ccc(C2SCCCS2)cc1)N1CCc2sccc2C1. The fraction of sp³-hybridized carbons (Fsp3) is 0.389. The van der Waals surface area contributed by atoms with E-state index in [0.717, 1.165) is 25.1 Å². The van der Waals surface area contributed by atoms with E-state index in [4.69, 9.17) is 0 Å². The van der Waals surface area contributed by atoms with Gasteiger partial charge in [0.25, 0.3) is 5.91 Å². The Bertz CT molecular complexity index is 689. The molecular weight excluding hydrogens is 342 g/mol. The van der Waals surface area contributed by atoms with Gasteiger partial charge in [0.15, 0.2) is 0 Å². The largest absolute Gasteiger partial charge is 0.334 e. The summed E-state index contributed by atoms with van der Waals surface area (Å²) in [7, 11) is 0. The second-order valence-corrected chi connectivity index (χ2v) is 9.62. The summed E-state index contributed by atoms with van der Waals surface area (Å²) >= 11 is 5.85. The maximum atomic E-state index is 12.7. The lowest BCUT2D eigenvalue weighted by Gasteiger charge is -2.27. The highest BCUT2D eigenvalue weighted by Crippen LogP contribution is 2.43. The van der Waals surface area contributed by atoms with E-state index >= 15 is 0 Å². The number of amides is 1. The van der Waals surface area contributed by atoms with Crippen molar-refractivity contribution in [3.63, 3.8) is 0 Å². The molecule has 2 nitrogen and oxygen atoms in total. The molecule has 23 heavy (non-hydrogen) atoms. The lowest BCUT2D eigenvalue weighted by molar-refractivity contribution is 0.0736. The molecule has 0 unspecified atom stereocenters. The van der Waals surface area contributed by atoms with Gasteiger partial charge in [0.05, 0.1) is 4.58 Å². The minimum Gasteiger partial charge on any atom is -0.334 e. The van der Waals surface area contributed by atoms with Crippen LogP contribution in [0.1, 0.15) is 37.4 Å². The van der Waals surface area contributed by atoms with E-state index in [0.29, 0.717) is 4.58 Å². The van der Waals surface area contributed by atoms with Gasteiger partial charge in [-0.3, -0.25) is 4.79 Å². The van der Waals surface area contributed by atoms with Crippen molar-refractivity contribution >= 4 is 40.8 Å². The van der Waals surface area contributed by atoms with Crippen LogP contribution in [0.5, 0.6) is 0 Å². The predicted octanol–water partition coefficient (Wildman–Crippen LogP) is 4.82. The van der Waals surface area contributed by atoms with Crippen molar-refractivity contribution in [2.24, 2.45) is 0 Å². The summed E-state index contributed by atoms with van der Waals surface area (Å²) in [6.07, 6.45) is 2.30. The number of hydrogen-bond acceptors (Lipinski definition) is 4. The Morgan fingerprint density at radius 3 is 2.65 bits per heavy atom. The molecule has 0 radical (unpaired) electrons. The predicted molar refractivity (Wildman–Crippen MR) is 101 cm³/mol. The van der Waals surface area contributed by atoms with E-state index in [-0.39, 0.29) is 5.91 Å². The van der Waals surface area contributed by atoms with Crippen molar-refractivity contribution < 1.29 is 4.79 Å². The highest BCUT2D eigenvalue weighted by Gasteiger charge is 2.23. The maximum Gasteiger partial charge on any atom is 0.254 e. The zero-order valence-electron chi connectivity index (χ0n) is 12.9. The Kier molecular flexibility index (Phi) is 4.69. The van der Waals surface area contributed by atoms with Crippen LogP contribution in [0.2, 0.25) is 0 Å². The normalized spacial score (nSPS) is 18.7. The van der Waals surface area contributed by atoms with Crippen molar-refractivity contribution in [3.05, 3.63) is 57.3 Å². The quantitative estimate of drug-likeness (QED) is 0.765. The molecule has 0 saturated carbocycles. The minimum atomic E-state index is 0.164. The Morgan fingerprint density at radius 1 is 1.09 bits per heavy atom. The first-order chi connectivity index (χ1) is 11.3. The summed E-state index contributed by atoms with van der Waals surface area (Å²) in [5.41, 5.74) is 3.48. The first kappa shape index (κ1) is 15.6. The van der Waals surface area contributed by atoms with E-state index in [1.54, 1.807) is 0 Å². The summed E-state index contributed by atoms with van der Waals surface area (Å²) in [5, 5.41) is 2.13. The molecule has 0 N–H and O–H groups in total. The van der Waals surface area contributed by atoms with Gasteiger partial charge in [0, 0.05) is 23.5 Å². The second kappa shape index (κ2) is 6.91. The van der Waals surface area contributed by atoms with Crippen LogP contribution in [0.4, 0.5) is 0 Å². The molecule has 1 aromatic carbocycles. The summed E-state index contributed by atoms with van der Waals surface area (Å²) in [6, 6.07) is 10.5. The number of rotatable bonds is 2. The zero-order valence-corrected chi connectivity index (χ0v) is 15.3. The fourth-order valence-corrected chi connectivity index (χ4v) is 6.85. The van der Waals surface area contributed by atoms with Gasteiger partial charge in [-0.05, 0) is 59.1 Å². The third kappa shape index (κ3) is 3.32. The van der Waals surface area contributed by atoms with Crippen molar-refractivity contribution in [3.8, 4) is 0 Å². The van der Waals surface area contributed by atoms with Gasteiger partial charge in [-0.2, -0.15) is 0 Å². The van der Waals surface area contributed by atoms with Gasteiger partial charge in [-0.15, -0.1) is 34.9 Å². The molecule has 2 aliphatic heterocycles. The molecule has 1 fully saturated rings. The smallest absolute Gasteiger partial charge is 0.254 e. The van der Waals surface area contributed by atoms with Gasteiger partial charge < -0.3 is 4.90 Å². The van der Waals surface area contributed by atoms with Crippen LogP contribution in [0.15, 0.2) is 35.7 Å². The molecule has 0 aliphatic carbocycles. The average Bonchev–Trinajstić information content (AvgIpc) is 3.10. The summed E-state index contributed by atoms with van der Waals surface area (Å²) in [6.45, 7) is 1.59. The molecule has 0 spiro atoms. The van der Waals surface area contributed by atoms with E-state index in [1.807, 2.05) is 51.9 Å². The number of carbonyl (C=O) groups is 1. The first-order valence-corrected chi connectivity index (χ1v) is 11.0.